The summed E-state index contributed by atoms with van der Waals surface area (Å²) in [5.74, 6) is -1.27. The van der Waals surface area contributed by atoms with Gasteiger partial charge in [0.2, 0.25) is 5.91 Å². The van der Waals surface area contributed by atoms with Crippen molar-refractivity contribution in [3.8, 4) is 5.75 Å². The summed E-state index contributed by atoms with van der Waals surface area (Å²) in [6, 6.07) is 16.8. The summed E-state index contributed by atoms with van der Waals surface area (Å²) >= 11 is 0. The molecule has 2 aliphatic rings. The zero-order valence-corrected chi connectivity index (χ0v) is 23.8. The first-order chi connectivity index (χ1) is 19.3. The van der Waals surface area contributed by atoms with E-state index in [4.69, 9.17) is 23.7 Å². The SMILES string of the molecule is CCC1(CC)OC[C@H]([C@@H](C[C@H](O)[C@@H](C)C(=O)N2C(=O)OC[C@H]2Cc2ccccc2)OCc2ccc(OC)cc2)O1. The Morgan fingerprint density at radius 1 is 1.07 bits per heavy atom. The minimum absolute atomic E-state index is 0.124. The molecule has 0 bridgehead atoms. The number of imide groups is 1. The molecule has 9 heteroatoms. The highest BCUT2D eigenvalue weighted by Crippen LogP contribution is 2.34. The van der Waals surface area contributed by atoms with E-state index < -0.39 is 48.1 Å². The number of rotatable bonds is 13. The molecule has 0 saturated carbocycles. The van der Waals surface area contributed by atoms with Gasteiger partial charge in [-0.05, 0) is 42.5 Å². The number of cyclic esters (lactones) is 1. The van der Waals surface area contributed by atoms with Gasteiger partial charge in [0.1, 0.15) is 18.5 Å². The number of hydrogen-bond acceptors (Lipinski definition) is 8. The number of ether oxygens (including phenoxy) is 5. The van der Waals surface area contributed by atoms with Gasteiger partial charge >= 0.3 is 6.09 Å². The van der Waals surface area contributed by atoms with Crippen molar-refractivity contribution in [2.45, 2.75) is 83.2 Å². The summed E-state index contributed by atoms with van der Waals surface area (Å²) in [6.07, 6.45) is -0.743. The van der Waals surface area contributed by atoms with Crippen LogP contribution in [0.1, 0.15) is 51.2 Å². The van der Waals surface area contributed by atoms with Crippen molar-refractivity contribution in [2.24, 2.45) is 5.92 Å². The van der Waals surface area contributed by atoms with E-state index in [0.717, 1.165) is 21.8 Å². The summed E-state index contributed by atoms with van der Waals surface area (Å²) in [6.45, 7) is 6.38. The largest absolute Gasteiger partial charge is 0.497 e. The summed E-state index contributed by atoms with van der Waals surface area (Å²) in [5, 5.41) is 11.3. The van der Waals surface area contributed by atoms with E-state index in [0.29, 0.717) is 25.9 Å². The zero-order chi connectivity index (χ0) is 28.7. The second-order valence-corrected chi connectivity index (χ2v) is 10.5. The fraction of sp³-hybridized carbons (Fsp3) is 0.548. The van der Waals surface area contributed by atoms with Gasteiger partial charge in [-0.1, -0.05) is 63.2 Å². The molecule has 40 heavy (non-hydrogen) atoms. The summed E-state index contributed by atoms with van der Waals surface area (Å²) in [4.78, 5) is 27.2. The predicted molar refractivity (Wildman–Crippen MR) is 148 cm³/mol. The lowest BCUT2D eigenvalue weighted by molar-refractivity contribution is -0.189. The molecule has 2 aromatic carbocycles. The number of carbonyl (C=O) groups is 2. The van der Waals surface area contributed by atoms with Gasteiger partial charge in [-0.2, -0.15) is 0 Å². The number of amides is 2. The minimum Gasteiger partial charge on any atom is -0.497 e. The Balaban J connectivity index is 1.45. The zero-order valence-electron chi connectivity index (χ0n) is 23.8. The molecule has 1 N–H and O–H groups in total. The lowest BCUT2D eigenvalue weighted by Gasteiger charge is -2.31. The number of benzene rings is 2. The molecule has 218 valence electrons. The van der Waals surface area contributed by atoms with Crippen LogP contribution in [0.4, 0.5) is 4.79 Å². The first kappa shape index (κ1) is 30.0. The monoisotopic (exact) mass is 555 g/mol. The van der Waals surface area contributed by atoms with Crippen molar-refractivity contribution in [2.75, 3.05) is 20.3 Å². The van der Waals surface area contributed by atoms with Crippen molar-refractivity contribution in [1.29, 1.82) is 0 Å². The average Bonchev–Trinajstić information content (AvgIpc) is 3.59. The van der Waals surface area contributed by atoms with Crippen molar-refractivity contribution in [3.63, 3.8) is 0 Å². The van der Waals surface area contributed by atoms with Crippen LogP contribution in [-0.2, 0) is 36.8 Å². The van der Waals surface area contributed by atoms with Gasteiger partial charge in [0, 0.05) is 6.42 Å². The second-order valence-electron chi connectivity index (χ2n) is 10.5. The Labute approximate surface area is 236 Å². The molecule has 0 unspecified atom stereocenters. The van der Waals surface area contributed by atoms with Crippen molar-refractivity contribution >= 4 is 12.0 Å². The summed E-state index contributed by atoms with van der Waals surface area (Å²) < 4.78 is 29.1. The van der Waals surface area contributed by atoms with E-state index in [9.17, 15) is 14.7 Å². The molecule has 2 heterocycles. The standard InChI is InChI=1S/C31H41NO8/c1-5-31(6-2)39-20-28(40-31)27(37-18-23-12-14-25(36-4)15-13-23)17-26(33)21(3)29(34)32-24(19-38-30(32)35)16-22-10-8-7-9-11-22/h7-15,21,24,26-28,33H,5-6,16-20H2,1-4H3/t21-,24-,26+,27-,28-/m1/s1. The van der Waals surface area contributed by atoms with Crippen LogP contribution in [0.25, 0.3) is 0 Å². The van der Waals surface area contributed by atoms with Crippen LogP contribution in [-0.4, -0.2) is 72.5 Å². The maximum absolute atomic E-state index is 13.5. The Bertz CT molecular complexity index is 1100. The van der Waals surface area contributed by atoms with E-state index in [1.54, 1.807) is 14.0 Å². The molecule has 2 aliphatic heterocycles. The average molecular weight is 556 g/mol. The van der Waals surface area contributed by atoms with Gasteiger partial charge in [-0.25, -0.2) is 9.69 Å². The predicted octanol–water partition coefficient (Wildman–Crippen LogP) is 4.49. The third-order valence-corrected chi connectivity index (χ3v) is 7.95. The van der Waals surface area contributed by atoms with Gasteiger partial charge in [0.15, 0.2) is 5.79 Å². The van der Waals surface area contributed by atoms with E-state index in [2.05, 4.69) is 0 Å². The normalized spacial score (nSPS) is 22.5. The number of methoxy groups -OCH3 is 1. The van der Waals surface area contributed by atoms with Gasteiger partial charge < -0.3 is 28.8 Å². The van der Waals surface area contributed by atoms with Crippen LogP contribution in [0.5, 0.6) is 5.75 Å². The number of aliphatic hydroxyl groups excluding tert-OH is 1. The molecule has 2 amide bonds. The first-order valence-corrected chi connectivity index (χ1v) is 14.1. The van der Waals surface area contributed by atoms with E-state index in [1.165, 1.54) is 0 Å². The molecule has 5 atom stereocenters. The number of nitrogens with zero attached hydrogens (tertiary/aromatic N) is 1. The van der Waals surface area contributed by atoms with Crippen LogP contribution >= 0.6 is 0 Å². The minimum atomic E-state index is -1.08. The fourth-order valence-electron chi connectivity index (χ4n) is 5.23. The van der Waals surface area contributed by atoms with Gasteiger partial charge in [0.05, 0.1) is 44.5 Å². The highest BCUT2D eigenvalue weighted by Gasteiger charge is 2.45. The maximum Gasteiger partial charge on any atom is 0.416 e. The third kappa shape index (κ3) is 7.01. The van der Waals surface area contributed by atoms with E-state index in [-0.39, 0.29) is 19.6 Å². The van der Waals surface area contributed by atoms with Crippen LogP contribution in [0, 0.1) is 5.92 Å². The molecular weight excluding hydrogens is 514 g/mol. The first-order valence-electron chi connectivity index (χ1n) is 14.1. The smallest absolute Gasteiger partial charge is 0.416 e. The van der Waals surface area contributed by atoms with Crippen LogP contribution < -0.4 is 4.74 Å². The van der Waals surface area contributed by atoms with Crippen molar-refractivity contribution in [3.05, 3.63) is 65.7 Å². The maximum atomic E-state index is 13.5. The molecule has 2 saturated heterocycles. The molecule has 9 nitrogen and oxygen atoms in total. The highest BCUT2D eigenvalue weighted by molar-refractivity contribution is 5.95. The van der Waals surface area contributed by atoms with Gasteiger partial charge in [0.25, 0.3) is 0 Å². The molecule has 4 rings (SSSR count). The molecular formula is C31H41NO8. The topological polar surface area (TPSA) is 104 Å². The Morgan fingerprint density at radius 3 is 2.40 bits per heavy atom. The second kappa shape index (κ2) is 13.6. The van der Waals surface area contributed by atoms with Crippen molar-refractivity contribution in [1.82, 2.24) is 4.90 Å². The molecule has 0 aliphatic carbocycles. The molecule has 0 spiro atoms. The lowest BCUT2D eigenvalue weighted by Crippen LogP contribution is -2.47. The van der Waals surface area contributed by atoms with Crippen LogP contribution in [0.3, 0.4) is 0 Å². The van der Waals surface area contributed by atoms with Crippen LogP contribution in [0.15, 0.2) is 54.6 Å². The Morgan fingerprint density at radius 2 is 1.77 bits per heavy atom. The number of carbonyl (C=O) groups excluding carboxylic acids is 2. The number of hydrogen-bond donors (Lipinski definition) is 1. The Hall–Kier alpha value is -2.98. The Kier molecular flexibility index (Phi) is 10.2. The van der Waals surface area contributed by atoms with Gasteiger partial charge in [-0.15, -0.1) is 0 Å². The van der Waals surface area contributed by atoms with E-state index >= 15 is 0 Å². The highest BCUT2D eigenvalue weighted by atomic mass is 16.8. The molecule has 2 aromatic rings. The molecule has 0 aromatic heterocycles. The van der Waals surface area contributed by atoms with Crippen molar-refractivity contribution < 1.29 is 38.4 Å². The summed E-state index contributed by atoms with van der Waals surface area (Å²) in [5.41, 5.74) is 1.93. The van der Waals surface area contributed by atoms with Gasteiger partial charge in [-0.3, -0.25) is 4.79 Å². The molecule has 2 fully saturated rings. The lowest BCUT2D eigenvalue weighted by atomic mass is 9.94. The third-order valence-electron chi connectivity index (χ3n) is 7.95. The van der Waals surface area contributed by atoms with E-state index in [1.807, 2.05) is 68.4 Å². The quantitative estimate of drug-likeness (QED) is 0.386. The summed E-state index contributed by atoms with van der Waals surface area (Å²) in [7, 11) is 1.61. The number of aliphatic hydroxyl groups is 1. The fourth-order valence-corrected chi connectivity index (χ4v) is 5.23. The van der Waals surface area contributed by atoms with Crippen LogP contribution in [0.2, 0.25) is 0 Å². The molecule has 0 radical (unpaired) electrons.